The Morgan fingerprint density at radius 1 is 1.12 bits per heavy atom. The van der Waals surface area contributed by atoms with Crippen molar-refractivity contribution in [3.05, 3.63) is 28.8 Å². The fourth-order valence-corrected chi connectivity index (χ4v) is 3.73. The van der Waals surface area contributed by atoms with E-state index in [1.165, 1.54) is 0 Å². The number of amides is 2. The van der Waals surface area contributed by atoms with Gasteiger partial charge in [0.1, 0.15) is 5.54 Å². The predicted molar refractivity (Wildman–Crippen MR) is 101 cm³/mol. The number of likely N-dealkylation sites (N-methyl/N-ethyl adjacent to an activating group) is 1. The van der Waals surface area contributed by atoms with Crippen molar-refractivity contribution in [2.45, 2.75) is 52.0 Å². The molecule has 1 aromatic carbocycles. The number of benzene rings is 1. The van der Waals surface area contributed by atoms with Crippen LogP contribution in [-0.4, -0.2) is 37.5 Å². The van der Waals surface area contributed by atoms with Crippen molar-refractivity contribution in [2.75, 3.05) is 25.5 Å². The number of quaternary nitrogens is 1. The number of carbonyl (C=O) groups is 2. The Hall–Kier alpha value is -2.39. The smallest absolute Gasteiger partial charge is 0.279 e. The van der Waals surface area contributed by atoms with Gasteiger partial charge in [-0.3, -0.25) is 9.59 Å². The third kappa shape index (κ3) is 5.06. The van der Waals surface area contributed by atoms with Gasteiger partial charge in [-0.05, 0) is 57.6 Å². The highest BCUT2D eigenvalue weighted by molar-refractivity contribution is 5.93. The Labute approximate surface area is 155 Å². The first-order valence-corrected chi connectivity index (χ1v) is 9.16. The molecule has 1 aliphatic rings. The zero-order valence-corrected chi connectivity index (χ0v) is 16.2. The average Bonchev–Trinajstić information content (AvgIpc) is 2.99. The molecule has 0 bridgehead atoms. The number of anilines is 1. The normalized spacial score (nSPS) is 16.6. The van der Waals surface area contributed by atoms with Crippen molar-refractivity contribution in [3.63, 3.8) is 0 Å². The minimum absolute atomic E-state index is 0.124. The lowest BCUT2D eigenvalue weighted by Gasteiger charge is -2.23. The van der Waals surface area contributed by atoms with Crippen molar-refractivity contribution in [1.29, 1.82) is 5.26 Å². The molecule has 3 N–H and O–H groups in total. The molecule has 1 unspecified atom stereocenters. The molecule has 2 rings (SSSR count). The number of nitriles is 1. The summed E-state index contributed by atoms with van der Waals surface area (Å²) in [6.45, 7) is 6.34. The average molecular weight is 357 g/mol. The van der Waals surface area contributed by atoms with E-state index in [4.69, 9.17) is 0 Å². The SMILES string of the molecule is Cc1cc(C)c(NC(=O)C[NH+](C)CC(=O)NC2(C#N)CCCC2)c(C)c1. The van der Waals surface area contributed by atoms with E-state index in [-0.39, 0.29) is 24.9 Å². The third-order valence-electron chi connectivity index (χ3n) is 4.92. The predicted octanol–water partition coefficient (Wildman–Crippen LogP) is 1.02. The second kappa shape index (κ2) is 8.33. The van der Waals surface area contributed by atoms with Crippen LogP contribution in [0.1, 0.15) is 42.4 Å². The van der Waals surface area contributed by atoms with Crippen LogP contribution < -0.4 is 15.5 Å². The van der Waals surface area contributed by atoms with E-state index in [0.29, 0.717) is 12.8 Å². The largest absolute Gasteiger partial charge is 0.333 e. The van der Waals surface area contributed by atoms with Gasteiger partial charge in [0.2, 0.25) is 0 Å². The molecule has 0 saturated heterocycles. The van der Waals surface area contributed by atoms with Gasteiger partial charge in [-0.1, -0.05) is 17.7 Å². The molecule has 1 atom stereocenters. The van der Waals surface area contributed by atoms with Crippen LogP contribution in [0.25, 0.3) is 0 Å². The van der Waals surface area contributed by atoms with Gasteiger partial charge in [0.25, 0.3) is 11.8 Å². The summed E-state index contributed by atoms with van der Waals surface area (Å²) < 4.78 is 0. The molecule has 140 valence electrons. The second-order valence-electron chi connectivity index (χ2n) is 7.58. The molecule has 1 saturated carbocycles. The lowest BCUT2D eigenvalue weighted by molar-refractivity contribution is -0.862. The van der Waals surface area contributed by atoms with Gasteiger partial charge in [0, 0.05) is 5.69 Å². The fraction of sp³-hybridized carbons (Fsp3) is 0.550. The van der Waals surface area contributed by atoms with E-state index in [1.54, 1.807) is 0 Å². The highest BCUT2D eigenvalue weighted by atomic mass is 16.2. The van der Waals surface area contributed by atoms with Crippen molar-refractivity contribution in [3.8, 4) is 6.07 Å². The maximum atomic E-state index is 12.3. The Morgan fingerprint density at radius 3 is 2.19 bits per heavy atom. The van der Waals surface area contributed by atoms with Crippen molar-refractivity contribution < 1.29 is 14.5 Å². The van der Waals surface area contributed by atoms with Gasteiger partial charge in [-0.15, -0.1) is 0 Å². The summed E-state index contributed by atoms with van der Waals surface area (Å²) in [7, 11) is 1.81. The van der Waals surface area contributed by atoms with Gasteiger partial charge in [-0.25, -0.2) is 0 Å². The molecule has 0 aromatic heterocycles. The molecule has 0 aliphatic heterocycles. The second-order valence-corrected chi connectivity index (χ2v) is 7.58. The molecular formula is C20H29N4O2+. The number of nitrogens with zero attached hydrogens (tertiary/aromatic N) is 1. The number of nitrogens with one attached hydrogen (secondary N) is 3. The molecule has 1 fully saturated rings. The van der Waals surface area contributed by atoms with E-state index >= 15 is 0 Å². The van der Waals surface area contributed by atoms with Crippen LogP contribution in [-0.2, 0) is 9.59 Å². The molecule has 6 heteroatoms. The third-order valence-corrected chi connectivity index (χ3v) is 4.92. The summed E-state index contributed by atoms with van der Waals surface area (Å²) in [6, 6.07) is 6.33. The van der Waals surface area contributed by atoms with Gasteiger partial charge >= 0.3 is 0 Å². The Morgan fingerprint density at radius 2 is 1.65 bits per heavy atom. The Balaban J connectivity index is 1.87. The monoisotopic (exact) mass is 357 g/mol. The molecule has 0 spiro atoms. The number of carbonyl (C=O) groups excluding carboxylic acids is 2. The van der Waals surface area contributed by atoms with E-state index in [1.807, 2.05) is 40.0 Å². The van der Waals surface area contributed by atoms with Gasteiger partial charge in [0.05, 0.1) is 13.1 Å². The first-order valence-electron chi connectivity index (χ1n) is 9.16. The molecule has 0 heterocycles. The van der Waals surface area contributed by atoms with E-state index < -0.39 is 5.54 Å². The number of hydrogen-bond acceptors (Lipinski definition) is 3. The maximum Gasteiger partial charge on any atom is 0.279 e. The summed E-state index contributed by atoms with van der Waals surface area (Å²) >= 11 is 0. The highest BCUT2D eigenvalue weighted by Crippen LogP contribution is 2.28. The molecule has 1 aromatic rings. The van der Waals surface area contributed by atoms with Crippen LogP contribution in [0.15, 0.2) is 12.1 Å². The minimum Gasteiger partial charge on any atom is -0.333 e. The van der Waals surface area contributed by atoms with Crippen molar-refractivity contribution >= 4 is 17.5 Å². The maximum absolute atomic E-state index is 12.3. The molecule has 26 heavy (non-hydrogen) atoms. The standard InChI is InChI=1S/C20H28N4O2/c1-14-9-15(2)19(16(3)10-14)22-17(25)11-24(4)12-18(26)23-20(13-21)7-5-6-8-20/h9-10H,5-8,11-12H2,1-4H3,(H,22,25)(H,23,26)/p+1. The fourth-order valence-electron chi connectivity index (χ4n) is 3.73. The summed E-state index contributed by atoms with van der Waals surface area (Å²) in [6.07, 6.45) is 3.35. The summed E-state index contributed by atoms with van der Waals surface area (Å²) in [4.78, 5) is 25.4. The quantitative estimate of drug-likeness (QED) is 0.710. The van der Waals surface area contributed by atoms with Gasteiger partial charge in [0.15, 0.2) is 13.1 Å². The highest BCUT2D eigenvalue weighted by Gasteiger charge is 2.35. The first-order chi connectivity index (χ1) is 12.2. The number of hydrogen-bond donors (Lipinski definition) is 3. The molecule has 6 nitrogen and oxygen atoms in total. The molecule has 2 amide bonds. The van der Waals surface area contributed by atoms with E-state index in [2.05, 4.69) is 16.7 Å². The van der Waals surface area contributed by atoms with Crippen LogP contribution in [0.4, 0.5) is 5.69 Å². The van der Waals surface area contributed by atoms with Crippen LogP contribution in [0.2, 0.25) is 0 Å². The summed E-state index contributed by atoms with van der Waals surface area (Å²) in [5.74, 6) is -0.303. The van der Waals surface area contributed by atoms with Crippen LogP contribution >= 0.6 is 0 Å². The lowest BCUT2D eigenvalue weighted by Crippen LogP contribution is -3.11. The van der Waals surface area contributed by atoms with Crippen LogP contribution in [0, 0.1) is 32.1 Å². The lowest BCUT2D eigenvalue weighted by atomic mass is 10.00. The first kappa shape index (κ1) is 19.9. The van der Waals surface area contributed by atoms with E-state index in [0.717, 1.165) is 40.1 Å². The number of rotatable bonds is 6. The van der Waals surface area contributed by atoms with Crippen molar-refractivity contribution in [2.24, 2.45) is 0 Å². The Bertz CT molecular complexity index is 707. The zero-order chi connectivity index (χ0) is 19.3. The molecule has 0 radical (unpaired) electrons. The minimum atomic E-state index is -0.713. The summed E-state index contributed by atoms with van der Waals surface area (Å²) in [5.41, 5.74) is 3.35. The van der Waals surface area contributed by atoms with Gasteiger partial charge in [-0.2, -0.15) is 5.26 Å². The number of aryl methyl sites for hydroxylation is 3. The zero-order valence-electron chi connectivity index (χ0n) is 16.2. The Kier molecular flexibility index (Phi) is 6.38. The van der Waals surface area contributed by atoms with Gasteiger partial charge < -0.3 is 15.5 Å². The van der Waals surface area contributed by atoms with Crippen LogP contribution in [0.3, 0.4) is 0 Å². The molecular weight excluding hydrogens is 328 g/mol. The van der Waals surface area contributed by atoms with Crippen LogP contribution in [0.5, 0.6) is 0 Å². The topological polar surface area (TPSA) is 86.4 Å². The van der Waals surface area contributed by atoms with Crippen molar-refractivity contribution in [1.82, 2.24) is 5.32 Å². The van der Waals surface area contributed by atoms with E-state index in [9.17, 15) is 14.9 Å². The molecule has 1 aliphatic carbocycles. The summed E-state index contributed by atoms with van der Waals surface area (Å²) in [5, 5.41) is 15.2.